The Bertz CT molecular complexity index is 935. The standard InChI is InChI=1S/C16H9N3O3/c17-9-13(16(20)21)8-14-15(22-19-18-14)12-6-5-10-3-1-2-4-11(10)7-12/h1-8H,(H,20,21)/b13-8+. The van der Waals surface area contributed by atoms with E-state index in [2.05, 4.69) is 10.4 Å². The van der Waals surface area contributed by atoms with Gasteiger partial charge in [0.25, 0.3) is 0 Å². The maximum atomic E-state index is 10.9. The highest BCUT2D eigenvalue weighted by atomic mass is 16.5. The van der Waals surface area contributed by atoms with E-state index in [0.717, 1.165) is 16.8 Å². The van der Waals surface area contributed by atoms with Crippen LogP contribution in [0.4, 0.5) is 0 Å². The van der Waals surface area contributed by atoms with Crippen molar-refractivity contribution in [2.75, 3.05) is 0 Å². The monoisotopic (exact) mass is 291 g/mol. The first-order valence-electron chi connectivity index (χ1n) is 6.35. The lowest BCUT2D eigenvalue weighted by Gasteiger charge is -2.01. The van der Waals surface area contributed by atoms with E-state index in [4.69, 9.17) is 14.9 Å². The van der Waals surface area contributed by atoms with Crippen molar-refractivity contribution in [2.45, 2.75) is 0 Å². The minimum Gasteiger partial charge on any atom is -0.477 e. The molecule has 3 aromatic rings. The van der Waals surface area contributed by atoms with Gasteiger partial charge in [0.15, 0.2) is 5.76 Å². The van der Waals surface area contributed by atoms with Crippen LogP contribution in [0, 0.1) is 11.3 Å². The van der Waals surface area contributed by atoms with Gasteiger partial charge in [0, 0.05) is 10.8 Å². The Morgan fingerprint density at radius 1 is 1.23 bits per heavy atom. The number of fused-ring (bicyclic) bond motifs is 1. The maximum Gasteiger partial charge on any atom is 0.346 e. The van der Waals surface area contributed by atoms with Crippen LogP contribution in [0.2, 0.25) is 0 Å². The quantitative estimate of drug-likeness (QED) is 0.588. The van der Waals surface area contributed by atoms with Gasteiger partial charge < -0.3 is 9.63 Å². The average molecular weight is 291 g/mol. The number of hydrogen-bond acceptors (Lipinski definition) is 5. The fourth-order valence-corrected chi connectivity index (χ4v) is 2.10. The fraction of sp³-hybridized carbons (Fsp3) is 0. The third-order valence-electron chi connectivity index (χ3n) is 3.16. The molecule has 0 spiro atoms. The minimum atomic E-state index is -1.32. The van der Waals surface area contributed by atoms with Gasteiger partial charge in [-0.3, -0.25) is 0 Å². The van der Waals surface area contributed by atoms with Crippen molar-refractivity contribution in [2.24, 2.45) is 0 Å². The second-order valence-corrected chi connectivity index (χ2v) is 4.52. The molecule has 2 aromatic carbocycles. The van der Waals surface area contributed by atoms with Crippen LogP contribution in [0.5, 0.6) is 0 Å². The predicted molar refractivity (Wildman–Crippen MR) is 78.5 cm³/mol. The maximum absolute atomic E-state index is 10.9. The van der Waals surface area contributed by atoms with Crippen molar-refractivity contribution >= 4 is 22.8 Å². The smallest absolute Gasteiger partial charge is 0.346 e. The van der Waals surface area contributed by atoms with Gasteiger partial charge in [-0.05, 0) is 22.9 Å². The molecule has 22 heavy (non-hydrogen) atoms. The number of nitrogens with zero attached hydrogens (tertiary/aromatic N) is 3. The van der Waals surface area contributed by atoms with Gasteiger partial charge in [0.2, 0.25) is 0 Å². The molecule has 0 saturated carbocycles. The van der Waals surface area contributed by atoms with E-state index in [1.807, 2.05) is 42.5 Å². The SMILES string of the molecule is N#C/C(=C\c1nnoc1-c1ccc2ccccc2c1)C(=O)O. The molecule has 1 N–H and O–H groups in total. The Hall–Kier alpha value is -3.46. The zero-order valence-electron chi connectivity index (χ0n) is 11.2. The molecule has 3 rings (SSSR count). The highest BCUT2D eigenvalue weighted by Crippen LogP contribution is 2.27. The van der Waals surface area contributed by atoms with Crippen molar-refractivity contribution in [3.63, 3.8) is 0 Å². The van der Waals surface area contributed by atoms with Gasteiger partial charge in [0.1, 0.15) is 17.3 Å². The van der Waals surface area contributed by atoms with E-state index in [9.17, 15) is 4.79 Å². The Kier molecular flexibility index (Phi) is 3.38. The number of carbonyl (C=O) groups is 1. The van der Waals surface area contributed by atoms with Gasteiger partial charge in [0.05, 0.1) is 0 Å². The van der Waals surface area contributed by atoms with Crippen LogP contribution < -0.4 is 0 Å². The topological polar surface area (TPSA) is 100 Å². The molecule has 0 atom stereocenters. The molecule has 0 unspecified atom stereocenters. The summed E-state index contributed by atoms with van der Waals surface area (Å²) >= 11 is 0. The molecule has 0 amide bonds. The molecule has 6 heteroatoms. The molecule has 0 aliphatic rings. The molecule has 0 fully saturated rings. The van der Waals surface area contributed by atoms with E-state index in [1.54, 1.807) is 6.07 Å². The van der Waals surface area contributed by atoms with Crippen LogP contribution >= 0.6 is 0 Å². The summed E-state index contributed by atoms with van der Waals surface area (Å²) < 4.78 is 5.12. The minimum absolute atomic E-state index is 0.203. The molecule has 0 radical (unpaired) electrons. The molecule has 6 nitrogen and oxygen atoms in total. The molecule has 0 saturated heterocycles. The lowest BCUT2D eigenvalue weighted by molar-refractivity contribution is -0.132. The normalized spacial score (nSPS) is 11.3. The summed E-state index contributed by atoms with van der Waals surface area (Å²) in [6.45, 7) is 0. The first kappa shape index (κ1) is 13.5. The lowest BCUT2D eigenvalue weighted by atomic mass is 10.0. The van der Waals surface area contributed by atoms with Crippen molar-refractivity contribution in [3.05, 3.63) is 53.7 Å². The number of hydrogen-bond donors (Lipinski definition) is 1. The van der Waals surface area contributed by atoms with Crippen LogP contribution in [0.3, 0.4) is 0 Å². The van der Waals surface area contributed by atoms with Crippen molar-refractivity contribution in [3.8, 4) is 17.4 Å². The van der Waals surface area contributed by atoms with Crippen molar-refractivity contribution < 1.29 is 14.4 Å². The first-order valence-corrected chi connectivity index (χ1v) is 6.35. The predicted octanol–water partition coefficient (Wildman–Crippen LogP) is 2.88. The Balaban J connectivity index is 2.11. The number of nitriles is 1. The van der Waals surface area contributed by atoms with Gasteiger partial charge in [-0.1, -0.05) is 36.4 Å². The zero-order chi connectivity index (χ0) is 15.5. The average Bonchev–Trinajstić information content (AvgIpc) is 3.00. The number of benzene rings is 2. The summed E-state index contributed by atoms with van der Waals surface area (Å²) in [6, 6.07) is 15.0. The third kappa shape index (κ3) is 2.43. The van der Waals surface area contributed by atoms with Gasteiger partial charge in [-0.15, -0.1) is 5.10 Å². The number of carboxylic acids is 1. The molecule has 0 bridgehead atoms. The lowest BCUT2D eigenvalue weighted by Crippen LogP contribution is -1.97. The fourth-order valence-electron chi connectivity index (χ4n) is 2.10. The highest BCUT2D eigenvalue weighted by Gasteiger charge is 2.15. The van der Waals surface area contributed by atoms with Crippen LogP contribution in [0.15, 0.2) is 52.6 Å². The Labute approximate surface area is 124 Å². The molecular formula is C16H9N3O3. The molecule has 1 aromatic heterocycles. The van der Waals surface area contributed by atoms with Crippen LogP contribution in [0.1, 0.15) is 5.69 Å². The number of carboxylic acid groups (broad SMARTS) is 1. The molecular weight excluding hydrogens is 282 g/mol. The Morgan fingerprint density at radius 2 is 2.00 bits per heavy atom. The van der Waals surface area contributed by atoms with Crippen molar-refractivity contribution in [1.82, 2.24) is 10.4 Å². The van der Waals surface area contributed by atoms with Crippen LogP contribution in [0.25, 0.3) is 28.2 Å². The van der Waals surface area contributed by atoms with Gasteiger partial charge in [-0.25, -0.2) is 4.79 Å². The van der Waals surface area contributed by atoms with Crippen LogP contribution in [-0.2, 0) is 4.79 Å². The van der Waals surface area contributed by atoms with Gasteiger partial charge >= 0.3 is 5.97 Å². The van der Waals surface area contributed by atoms with E-state index in [-0.39, 0.29) is 5.69 Å². The summed E-state index contributed by atoms with van der Waals surface area (Å²) in [5, 5.41) is 27.0. The number of aromatic nitrogens is 2. The molecule has 0 aliphatic carbocycles. The number of rotatable bonds is 3. The highest BCUT2D eigenvalue weighted by molar-refractivity contribution is 5.97. The number of aliphatic carboxylic acids is 1. The summed E-state index contributed by atoms with van der Waals surface area (Å²) in [6.07, 6.45) is 1.14. The summed E-state index contributed by atoms with van der Waals surface area (Å²) in [7, 11) is 0. The largest absolute Gasteiger partial charge is 0.477 e. The molecule has 1 heterocycles. The second kappa shape index (κ2) is 5.50. The first-order chi connectivity index (χ1) is 10.7. The van der Waals surface area contributed by atoms with Crippen LogP contribution in [-0.4, -0.2) is 21.4 Å². The van der Waals surface area contributed by atoms with E-state index in [0.29, 0.717) is 11.3 Å². The van der Waals surface area contributed by atoms with E-state index in [1.165, 1.54) is 0 Å². The molecule has 0 aliphatic heterocycles. The summed E-state index contributed by atoms with van der Waals surface area (Å²) in [5.74, 6) is -1.00. The van der Waals surface area contributed by atoms with E-state index >= 15 is 0 Å². The van der Waals surface area contributed by atoms with Gasteiger partial charge in [-0.2, -0.15) is 5.26 Å². The van der Waals surface area contributed by atoms with Crippen molar-refractivity contribution in [1.29, 1.82) is 5.26 Å². The Morgan fingerprint density at radius 3 is 2.73 bits per heavy atom. The summed E-state index contributed by atoms with van der Waals surface area (Å²) in [4.78, 5) is 10.9. The van der Waals surface area contributed by atoms with E-state index < -0.39 is 11.5 Å². The summed E-state index contributed by atoms with van der Waals surface area (Å²) in [5.41, 5.74) is 0.476. The second-order valence-electron chi connectivity index (χ2n) is 4.52. The third-order valence-corrected chi connectivity index (χ3v) is 3.16. The molecule has 106 valence electrons. The zero-order valence-corrected chi connectivity index (χ0v) is 11.2.